The van der Waals surface area contributed by atoms with Gasteiger partial charge < -0.3 is 9.84 Å². The molecule has 1 heterocycles. The number of aliphatic hydroxyl groups excluding tert-OH is 1. The lowest BCUT2D eigenvalue weighted by Gasteiger charge is -2.36. The van der Waals surface area contributed by atoms with Gasteiger partial charge in [-0.15, -0.1) is 0 Å². The highest BCUT2D eigenvalue weighted by atomic mass is 16.6. The Hall–Kier alpha value is -1.55. The molecule has 19 heavy (non-hydrogen) atoms. The molecule has 1 aromatic carbocycles. The normalized spacial score (nSPS) is 28.7. The third-order valence-electron chi connectivity index (χ3n) is 4.42. The van der Waals surface area contributed by atoms with Gasteiger partial charge in [-0.1, -0.05) is 30.3 Å². The van der Waals surface area contributed by atoms with Gasteiger partial charge in [0, 0.05) is 6.54 Å². The zero-order valence-corrected chi connectivity index (χ0v) is 10.9. The highest BCUT2D eigenvalue weighted by Gasteiger charge is 2.52. The standard InChI is InChI=1S/C15H19NO3/c17-11-15-7-6-13(8-15)9-16(15)14(18)19-10-12-4-2-1-3-5-12/h1-5,13,17H,6-11H2/t13-,15+/m0/s1. The second-order valence-corrected chi connectivity index (χ2v) is 5.64. The Morgan fingerprint density at radius 2 is 2.21 bits per heavy atom. The molecule has 2 bridgehead atoms. The van der Waals surface area contributed by atoms with Gasteiger partial charge in [0.2, 0.25) is 0 Å². The molecular formula is C15H19NO3. The van der Waals surface area contributed by atoms with Crippen LogP contribution in [0.4, 0.5) is 4.79 Å². The van der Waals surface area contributed by atoms with Crippen molar-refractivity contribution in [1.29, 1.82) is 0 Å². The molecule has 2 aliphatic rings. The number of piperidine rings is 1. The van der Waals surface area contributed by atoms with E-state index in [1.807, 2.05) is 30.3 Å². The SMILES string of the molecule is O=C(OCc1ccccc1)N1C[C@H]2CC[C@]1(CO)C2. The van der Waals surface area contributed by atoms with Crippen molar-refractivity contribution >= 4 is 6.09 Å². The van der Waals surface area contributed by atoms with Gasteiger partial charge in [0.15, 0.2) is 0 Å². The lowest BCUT2D eigenvalue weighted by Crippen LogP contribution is -2.50. The van der Waals surface area contributed by atoms with Crippen molar-refractivity contribution in [2.75, 3.05) is 13.2 Å². The Kier molecular flexibility index (Phi) is 3.19. The molecule has 0 aromatic heterocycles. The zero-order valence-electron chi connectivity index (χ0n) is 10.9. The van der Waals surface area contributed by atoms with Crippen LogP contribution in [0.15, 0.2) is 30.3 Å². The first-order valence-electron chi connectivity index (χ1n) is 6.83. The Morgan fingerprint density at radius 3 is 2.89 bits per heavy atom. The molecule has 1 amide bonds. The molecule has 4 nitrogen and oxygen atoms in total. The Balaban J connectivity index is 1.62. The maximum absolute atomic E-state index is 12.2. The third kappa shape index (κ3) is 2.21. The van der Waals surface area contributed by atoms with Crippen molar-refractivity contribution in [1.82, 2.24) is 4.90 Å². The van der Waals surface area contributed by atoms with Crippen LogP contribution in [0.1, 0.15) is 24.8 Å². The van der Waals surface area contributed by atoms with Gasteiger partial charge in [0.25, 0.3) is 0 Å². The van der Waals surface area contributed by atoms with E-state index in [2.05, 4.69) is 0 Å². The molecule has 1 saturated carbocycles. The topological polar surface area (TPSA) is 49.8 Å². The number of nitrogens with zero attached hydrogens (tertiary/aromatic N) is 1. The minimum absolute atomic E-state index is 0.0456. The molecule has 1 N–H and O–H groups in total. The van der Waals surface area contributed by atoms with Crippen LogP contribution in [0.5, 0.6) is 0 Å². The summed E-state index contributed by atoms with van der Waals surface area (Å²) in [4.78, 5) is 13.9. The lowest BCUT2D eigenvalue weighted by atomic mass is 9.99. The van der Waals surface area contributed by atoms with Gasteiger partial charge in [-0.25, -0.2) is 4.79 Å². The number of carbonyl (C=O) groups excluding carboxylic acids is 1. The Labute approximate surface area is 113 Å². The second kappa shape index (κ2) is 4.85. The van der Waals surface area contributed by atoms with Crippen molar-refractivity contribution in [3.8, 4) is 0 Å². The molecule has 3 rings (SSSR count). The maximum atomic E-state index is 12.2. The van der Waals surface area contributed by atoms with Gasteiger partial charge in [0.05, 0.1) is 12.1 Å². The molecule has 1 saturated heterocycles. The van der Waals surface area contributed by atoms with Crippen molar-refractivity contribution in [2.24, 2.45) is 5.92 Å². The zero-order chi connectivity index (χ0) is 13.3. The molecule has 1 aromatic rings. The number of likely N-dealkylation sites (tertiary alicyclic amines) is 1. The van der Waals surface area contributed by atoms with Gasteiger partial charge in [-0.3, -0.25) is 4.90 Å². The Bertz CT molecular complexity index is 462. The van der Waals surface area contributed by atoms with Crippen LogP contribution < -0.4 is 0 Å². The fourth-order valence-electron chi connectivity index (χ4n) is 3.36. The minimum Gasteiger partial charge on any atom is -0.445 e. The fourth-order valence-corrected chi connectivity index (χ4v) is 3.36. The Morgan fingerprint density at radius 1 is 1.42 bits per heavy atom. The summed E-state index contributed by atoms with van der Waals surface area (Å²) in [5.41, 5.74) is 0.636. The summed E-state index contributed by atoms with van der Waals surface area (Å²) in [6, 6.07) is 9.66. The average molecular weight is 261 g/mol. The predicted molar refractivity (Wildman–Crippen MR) is 70.5 cm³/mol. The molecule has 0 unspecified atom stereocenters. The first-order chi connectivity index (χ1) is 9.23. The second-order valence-electron chi connectivity index (χ2n) is 5.64. The van der Waals surface area contributed by atoms with Gasteiger partial charge in [-0.05, 0) is 30.7 Å². The first-order valence-corrected chi connectivity index (χ1v) is 6.83. The van der Waals surface area contributed by atoms with E-state index in [4.69, 9.17) is 4.74 Å². The summed E-state index contributed by atoms with van der Waals surface area (Å²) in [5.74, 6) is 0.538. The molecule has 0 spiro atoms. The van der Waals surface area contributed by atoms with Crippen LogP contribution in [0, 0.1) is 5.92 Å². The van der Waals surface area contributed by atoms with Crippen LogP contribution in [0.25, 0.3) is 0 Å². The van der Waals surface area contributed by atoms with Crippen LogP contribution in [0.2, 0.25) is 0 Å². The average Bonchev–Trinajstić information content (AvgIpc) is 3.04. The molecular weight excluding hydrogens is 242 g/mol. The van der Waals surface area contributed by atoms with Gasteiger partial charge in [-0.2, -0.15) is 0 Å². The number of fused-ring (bicyclic) bond motifs is 2. The maximum Gasteiger partial charge on any atom is 0.410 e. The van der Waals surface area contributed by atoms with E-state index in [0.29, 0.717) is 12.5 Å². The van der Waals surface area contributed by atoms with E-state index >= 15 is 0 Å². The number of amides is 1. The van der Waals surface area contributed by atoms with Crippen molar-refractivity contribution in [2.45, 2.75) is 31.4 Å². The molecule has 1 aliphatic carbocycles. The quantitative estimate of drug-likeness (QED) is 0.907. The summed E-state index contributed by atoms with van der Waals surface area (Å²) in [5, 5.41) is 9.60. The van der Waals surface area contributed by atoms with Crippen molar-refractivity contribution < 1.29 is 14.6 Å². The molecule has 2 fully saturated rings. The molecule has 4 heteroatoms. The molecule has 2 atom stereocenters. The van der Waals surface area contributed by atoms with E-state index < -0.39 is 0 Å². The van der Waals surface area contributed by atoms with Crippen LogP contribution in [-0.2, 0) is 11.3 Å². The number of carbonyl (C=O) groups is 1. The molecule has 102 valence electrons. The third-order valence-corrected chi connectivity index (χ3v) is 4.42. The van der Waals surface area contributed by atoms with Crippen LogP contribution >= 0.6 is 0 Å². The lowest BCUT2D eigenvalue weighted by molar-refractivity contribution is 0.0300. The van der Waals surface area contributed by atoms with E-state index in [1.54, 1.807) is 4.90 Å². The molecule has 0 radical (unpaired) electrons. The van der Waals surface area contributed by atoms with E-state index in [1.165, 1.54) is 0 Å². The predicted octanol–water partition coefficient (Wildman–Crippen LogP) is 2.17. The monoisotopic (exact) mass is 261 g/mol. The largest absolute Gasteiger partial charge is 0.445 e. The number of aliphatic hydroxyl groups is 1. The van der Waals surface area contributed by atoms with Crippen molar-refractivity contribution in [3.63, 3.8) is 0 Å². The summed E-state index contributed by atoms with van der Waals surface area (Å²) in [7, 11) is 0. The van der Waals surface area contributed by atoms with Crippen LogP contribution in [-0.4, -0.2) is 34.8 Å². The van der Waals surface area contributed by atoms with E-state index in [0.717, 1.165) is 31.4 Å². The number of hydrogen-bond donors (Lipinski definition) is 1. The van der Waals surface area contributed by atoms with Gasteiger partial charge >= 0.3 is 6.09 Å². The summed E-state index contributed by atoms with van der Waals surface area (Å²) in [6.45, 7) is 1.07. The highest BCUT2D eigenvalue weighted by molar-refractivity contribution is 5.69. The fraction of sp³-hybridized carbons (Fsp3) is 0.533. The number of ether oxygens (including phenoxy) is 1. The summed E-state index contributed by atoms with van der Waals surface area (Å²) in [6.07, 6.45) is 2.64. The highest BCUT2D eigenvalue weighted by Crippen LogP contribution is 2.46. The summed E-state index contributed by atoms with van der Waals surface area (Å²) >= 11 is 0. The number of hydrogen-bond acceptors (Lipinski definition) is 3. The van der Waals surface area contributed by atoms with E-state index in [9.17, 15) is 9.90 Å². The number of rotatable bonds is 3. The van der Waals surface area contributed by atoms with Gasteiger partial charge in [0.1, 0.15) is 6.61 Å². The smallest absolute Gasteiger partial charge is 0.410 e. The van der Waals surface area contributed by atoms with E-state index in [-0.39, 0.29) is 18.2 Å². The van der Waals surface area contributed by atoms with Crippen LogP contribution in [0.3, 0.4) is 0 Å². The first kappa shape index (κ1) is 12.5. The molecule has 1 aliphatic heterocycles. The van der Waals surface area contributed by atoms with Crippen molar-refractivity contribution in [3.05, 3.63) is 35.9 Å². The number of benzene rings is 1. The summed E-state index contributed by atoms with van der Waals surface area (Å²) < 4.78 is 5.37. The minimum atomic E-state index is -0.349.